The number of halogens is 1. The zero-order chi connectivity index (χ0) is 21.8. The van der Waals surface area contributed by atoms with Gasteiger partial charge in [0.05, 0.1) is 24.1 Å². The molecule has 1 aromatic heterocycles. The second-order valence-electron chi connectivity index (χ2n) is 8.00. The number of nitrogens with zero attached hydrogens (tertiary/aromatic N) is 3. The van der Waals surface area contributed by atoms with E-state index in [0.717, 1.165) is 16.8 Å². The van der Waals surface area contributed by atoms with E-state index in [1.807, 2.05) is 62.4 Å². The Hall–Kier alpha value is -3.41. The summed E-state index contributed by atoms with van der Waals surface area (Å²) in [5, 5.41) is 3.00. The monoisotopic (exact) mass is 418 g/mol. The second kappa shape index (κ2) is 9.16. The molecule has 160 valence electrons. The van der Waals surface area contributed by atoms with Gasteiger partial charge in [-0.3, -0.25) is 4.98 Å². The molecular weight excluding hydrogens is 391 g/mol. The number of anilines is 1. The highest BCUT2D eigenvalue weighted by atomic mass is 19.1. The third kappa shape index (κ3) is 4.53. The van der Waals surface area contributed by atoms with Crippen LogP contribution in [0, 0.1) is 5.82 Å². The highest BCUT2D eigenvalue weighted by Gasteiger charge is 2.35. The van der Waals surface area contributed by atoms with Gasteiger partial charge in [-0.15, -0.1) is 0 Å². The van der Waals surface area contributed by atoms with Gasteiger partial charge < -0.3 is 15.1 Å². The Kier molecular flexibility index (Phi) is 6.16. The lowest BCUT2D eigenvalue weighted by Crippen LogP contribution is -2.48. The van der Waals surface area contributed by atoms with Crippen LogP contribution in [-0.4, -0.2) is 28.5 Å². The minimum Gasteiger partial charge on any atom is -0.364 e. The first-order valence-corrected chi connectivity index (χ1v) is 10.6. The molecule has 0 radical (unpaired) electrons. The molecule has 3 aromatic rings. The molecule has 1 aliphatic rings. The predicted molar refractivity (Wildman–Crippen MR) is 120 cm³/mol. The van der Waals surface area contributed by atoms with E-state index >= 15 is 0 Å². The fraction of sp³-hybridized carbons (Fsp3) is 0.280. The summed E-state index contributed by atoms with van der Waals surface area (Å²) in [7, 11) is 0. The van der Waals surface area contributed by atoms with E-state index in [1.54, 1.807) is 11.1 Å². The van der Waals surface area contributed by atoms with Crippen LogP contribution in [-0.2, 0) is 13.1 Å². The molecular formula is C25H27FN4O. The molecule has 0 saturated heterocycles. The molecule has 1 aliphatic heterocycles. The number of carbonyl (C=O) groups is 1. The topological polar surface area (TPSA) is 48.5 Å². The van der Waals surface area contributed by atoms with Crippen LogP contribution in [0.15, 0.2) is 73.1 Å². The largest absolute Gasteiger partial charge is 0.364 e. The van der Waals surface area contributed by atoms with Crippen LogP contribution in [0.2, 0.25) is 0 Å². The molecule has 31 heavy (non-hydrogen) atoms. The van der Waals surface area contributed by atoms with Gasteiger partial charge in [0.1, 0.15) is 5.82 Å². The van der Waals surface area contributed by atoms with Crippen molar-refractivity contribution in [2.24, 2.45) is 0 Å². The van der Waals surface area contributed by atoms with Crippen molar-refractivity contribution in [2.75, 3.05) is 11.4 Å². The van der Waals surface area contributed by atoms with Crippen LogP contribution in [0.3, 0.4) is 0 Å². The number of nitrogens with one attached hydrogen (secondary N) is 1. The molecule has 0 bridgehead atoms. The molecule has 1 N–H and O–H groups in total. The highest BCUT2D eigenvalue weighted by molar-refractivity contribution is 5.76. The molecule has 0 saturated carbocycles. The summed E-state index contributed by atoms with van der Waals surface area (Å²) in [4.78, 5) is 21.2. The van der Waals surface area contributed by atoms with Crippen LogP contribution in [0.4, 0.5) is 14.9 Å². The molecule has 2 heterocycles. The standard InChI is InChI=1S/C25H27FN4O/c1-18-16-29(17-21-11-7-4-8-12-21)23-15-27-14-22(26)24(23)19(2)30(18)25(31)28-13-20-9-5-3-6-10-20/h3-12,14-15,18-19H,13,16-17H2,1-2H3,(H,28,31)/t18-,19+/m1/s1. The molecule has 4 rings (SSSR count). The van der Waals surface area contributed by atoms with E-state index in [0.29, 0.717) is 25.2 Å². The Morgan fingerprint density at radius 1 is 1.03 bits per heavy atom. The minimum absolute atomic E-state index is 0.124. The average molecular weight is 419 g/mol. The first-order valence-electron chi connectivity index (χ1n) is 10.6. The van der Waals surface area contributed by atoms with Crippen LogP contribution in [0.5, 0.6) is 0 Å². The van der Waals surface area contributed by atoms with Crippen molar-refractivity contribution < 1.29 is 9.18 Å². The van der Waals surface area contributed by atoms with Crippen molar-refractivity contribution in [3.8, 4) is 0 Å². The summed E-state index contributed by atoms with van der Waals surface area (Å²) in [6.07, 6.45) is 2.93. The zero-order valence-electron chi connectivity index (χ0n) is 17.8. The summed E-state index contributed by atoms with van der Waals surface area (Å²) < 4.78 is 15.0. The number of benzene rings is 2. The number of hydrogen-bond acceptors (Lipinski definition) is 3. The molecule has 0 aliphatic carbocycles. The molecule has 2 aromatic carbocycles. The van der Waals surface area contributed by atoms with Crippen molar-refractivity contribution in [3.05, 3.63) is 95.6 Å². The van der Waals surface area contributed by atoms with Gasteiger partial charge in [-0.05, 0) is 25.0 Å². The first kappa shape index (κ1) is 20.8. The number of carbonyl (C=O) groups excluding carboxylic acids is 1. The smallest absolute Gasteiger partial charge is 0.318 e. The highest BCUT2D eigenvalue weighted by Crippen LogP contribution is 2.37. The lowest BCUT2D eigenvalue weighted by atomic mass is 10.1. The number of fused-ring (bicyclic) bond motifs is 1. The quantitative estimate of drug-likeness (QED) is 0.655. The second-order valence-corrected chi connectivity index (χ2v) is 8.00. The number of hydrogen-bond donors (Lipinski definition) is 1. The zero-order valence-corrected chi connectivity index (χ0v) is 17.8. The minimum atomic E-state index is -0.426. The SMILES string of the molecule is C[C@@H]1CN(Cc2ccccc2)c2cncc(F)c2[C@H](C)N1C(=O)NCc1ccccc1. The van der Waals surface area contributed by atoms with Gasteiger partial charge in [0.25, 0.3) is 0 Å². The maximum Gasteiger partial charge on any atom is 0.318 e. The maximum atomic E-state index is 15.0. The summed E-state index contributed by atoms with van der Waals surface area (Å²) >= 11 is 0. The van der Waals surface area contributed by atoms with Crippen molar-refractivity contribution >= 4 is 11.7 Å². The number of pyridine rings is 1. The summed E-state index contributed by atoms with van der Waals surface area (Å²) in [5.41, 5.74) is 3.39. The molecule has 5 nitrogen and oxygen atoms in total. The Morgan fingerprint density at radius 3 is 2.35 bits per heavy atom. The van der Waals surface area contributed by atoms with Gasteiger partial charge in [0.15, 0.2) is 0 Å². The first-order chi connectivity index (χ1) is 15.0. The third-order valence-corrected chi connectivity index (χ3v) is 5.79. The molecule has 0 unspecified atom stereocenters. The van der Waals surface area contributed by atoms with E-state index < -0.39 is 11.9 Å². The van der Waals surface area contributed by atoms with Gasteiger partial charge in [0, 0.05) is 31.2 Å². The van der Waals surface area contributed by atoms with E-state index in [2.05, 4.69) is 27.3 Å². The van der Waals surface area contributed by atoms with Crippen molar-refractivity contribution in [1.29, 1.82) is 0 Å². The Morgan fingerprint density at radius 2 is 1.68 bits per heavy atom. The van der Waals surface area contributed by atoms with E-state index in [-0.39, 0.29) is 12.1 Å². The lowest BCUT2D eigenvalue weighted by molar-refractivity contribution is 0.157. The molecule has 2 atom stereocenters. The fourth-order valence-corrected chi connectivity index (χ4v) is 4.32. The van der Waals surface area contributed by atoms with Gasteiger partial charge in [-0.2, -0.15) is 0 Å². The maximum absolute atomic E-state index is 15.0. The van der Waals surface area contributed by atoms with Crippen molar-refractivity contribution in [3.63, 3.8) is 0 Å². The third-order valence-electron chi connectivity index (χ3n) is 5.79. The Balaban J connectivity index is 1.62. The lowest BCUT2D eigenvalue weighted by Gasteiger charge is -2.33. The summed E-state index contributed by atoms with van der Waals surface area (Å²) in [5.74, 6) is -0.391. The average Bonchev–Trinajstić information content (AvgIpc) is 2.88. The summed E-state index contributed by atoms with van der Waals surface area (Å²) in [6.45, 7) is 5.51. The van der Waals surface area contributed by atoms with Crippen molar-refractivity contribution in [1.82, 2.24) is 15.2 Å². The number of urea groups is 1. The Labute approximate surface area is 182 Å². The normalized spacial score (nSPS) is 18.3. The van der Waals surface area contributed by atoms with Gasteiger partial charge >= 0.3 is 6.03 Å². The molecule has 2 amide bonds. The number of rotatable bonds is 4. The molecule has 6 heteroatoms. The number of amides is 2. The van der Waals surface area contributed by atoms with Crippen LogP contribution >= 0.6 is 0 Å². The van der Waals surface area contributed by atoms with Gasteiger partial charge in [-0.1, -0.05) is 60.7 Å². The van der Waals surface area contributed by atoms with Crippen molar-refractivity contribution in [2.45, 2.75) is 39.0 Å². The van der Waals surface area contributed by atoms with E-state index in [4.69, 9.17) is 0 Å². The molecule has 0 spiro atoms. The number of aromatic nitrogens is 1. The van der Waals surface area contributed by atoms with Gasteiger partial charge in [-0.25, -0.2) is 9.18 Å². The predicted octanol–water partition coefficient (Wildman–Crippen LogP) is 4.90. The van der Waals surface area contributed by atoms with Crippen LogP contribution in [0.25, 0.3) is 0 Å². The Bertz CT molecular complexity index is 1030. The van der Waals surface area contributed by atoms with Gasteiger partial charge in [0.2, 0.25) is 0 Å². The molecule has 0 fully saturated rings. The van der Waals surface area contributed by atoms with Crippen LogP contribution in [0.1, 0.15) is 36.6 Å². The van der Waals surface area contributed by atoms with E-state index in [9.17, 15) is 9.18 Å². The van der Waals surface area contributed by atoms with E-state index in [1.165, 1.54) is 6.20 Å². The summed E-state index contributed by atoms with van der Waals surface area (Å²) in [6, 6.07) is 19.1. The fourth-order valence-electron chi connectivity index (χ4n) is 4.32. The van der Waals surface area contributed by atoms with Crippen LogP contribution < -0.4 is 10.2 Å².